The molecule has 2 aromatic carbocycles. The number of carbonyl (C=O) groups excluding carboxylic acids is 3. The van der Waals surface area contributed by atoms with Crippen LogP contribution in [0.1, 0.15) is 51.3 Å². The first-order valence-corrected chi connectivity index (χ1v) is 15.1. The number of fused-ring (bicyclic) bond motifs is 3. The molecule has 238 valence electrons. The van der Waals surface area contributed by atoms with Crippen molar-refractivity contribution in [2.75, 3.05) is 32.8 Å². The van der Waals surface area contributed by atoms with Crippen LogP contribution in [0.3, 0.4) is 0 Å². The van der Waals surface area contributed by atoms with E-state index in [1.165, 1.54) is 41.7 Å². The van der Waals surface area contributed by atoms with Gasteiger partial charge in [0.1, 0.15) is 11.9 Å². The predicted octanol–water partition coefficient (Wildman–Crippen LogP) is 3.04. The number of likely N-dealkylation sites (tertiary alicyclic amines) is 1. The fourth-order valence-corrected chi connectivity index (χ4v) is 6.57. The van der Waals surface area contributed by atoms with Crippen molar-refractivity contribution < 1.29 is 32.3 Å². The first-order chi connectivity index (χ1) is 21.3. The van der Waals surface area contributed by atoms with Crippen molar-refractivity contribution in [2.45, 2.75) is 37.0 Å². The van der Waals surface area contributed by atoms with Crippen molar-refractivity contribution >= 4 is 34.9 Å². The lowest BCUT2D eigenvalue weighted by atomic mass is 10.0. The number of nitrogens with two attached hydrogens (primary N) is 2. The number of benzene rings is 2. The lowest BCUT2D eigenvalue weighted by Crippen LogP contribution is -2.49. The number of amidine groups is 1. The molecule has 45 heavy (non-hydrogen) atoms. The zero-order valence-corrected chi connectivity index (χ0v) is 25.2. The highest BCUT2D eigenvalue weighted by molar-refractivity contribution is 7.10. The summed E-state index contributed by atoms with van der Waals surface area (Å²) < 4.78 is 51.0. The quantitative estimate of drug-likeness (QED) is 0.123. The Bertz CT molecular complexity index is 1650. The number of hydrogen-bond acceptors (Lipinski definition) is 7. The summed E-state index contributed by atoms with van der Waals surface area (Å²) in [5.41, 5.74) is 9.69. The van der Waals surface area contributed by atoms with Gasteiger partial charge < -0.3 is 31.7 Å². The first kappa shape index (κ1) is 32.1. The summed E-state index contributed by atoms with van der Waals surface area (Å²) in [5, 5.41) is 14.5. The lowest BCUT2D eigenvalue weighted by molar-refractivity contribution is -0.138. The molecule has 1 unspecified atom stereocenters. The SMILES string of the molecule is CC(NC(=O)[C@@H]1C[C@](F)(COCCN)CN1C(=O)CNC(=O)c1ccc2c(c1)-c1ccccc1C2(F)F)c1cc(C(=N)N)cs1. The van der Waals surface area contributed by atoms with Crippen LogP contribution < -0.4 is 22.1 Å². The minimum Gasteiger partial charge on any atom is -0.384 e. The number of nitrogens with zero attached hydrogens (tertiary/aromatic N) is 1. The number of ether oxygens (including phenoxy) is 1. The minimum atomic E-state index is -3.20. The highest BCUT2D eigenvalue weighted by Gasteiger charge is 2.50. The number of nitrogens with one attached hydrogen (secondary N) is 3. The van der Waals surface area contributed by atoms with E-state index in [0.717, 1.165) is 4.90 Å². The Labute approximate surface area is 261 Å². The largest absolute Gasteiger partial charge is 0.384 e. The van der Waals surface area contributed by atoms with E-state index >= 15 is 4.39 Å². The summed E-state index contributed by atoms with van der Waals surface area (Å²) in [4.78, 5) is 41.5. The van der Waals surface area contributed by atoms with Gasteiger partial charge in [-0.2, -0.15) is 8.78 Å². The Hall–Kier alpha value is -4.27. The Kier molecular flexibility index (Phi) is 9.01. The van der Waals surface area contributed by atoms with Gasteiger partial charge in [-0.3, -0.25) is 19.8 Å². The molecule has 1 fully saturated rings. The highest BCUT2D eigenvalue weighted by atomic mass is 32.1. The second-order valence-electron chi connectivity index (χ2n) is 11.2. The second kappa shape index (κ2) is 12.6. The number of nitrogen functional groups attached to an aromatic ring is 1. The van der Waals surface area contributed by atoms with E-state index in [4.69, 9.17) is 21.6 Å². The van der Waals surface area contributed by atoms with Crippen molar-refractivity contribution in [1.82, 2.24) is 15.5 Å². The summed E-state index contributed by atoms with van der Waals surface area (Å²) >= 11 is 1.29. The molecule has 1 aliphatic heterocycles. The summed E-state index contributed by atoms with van der Waals surface area (Å²) in [5.74, 6) is -5.32. The smallest absolute Gasteiger partial charge is 0.299 e. The number of hydrogen-bond donors (Lipinski definition) is 5. The maximum absolute atomic E-state index is 15.9. The van der Waals surface area contributed by atoms with E-state index in [0.29, 0.717) is 16.0 Å². The molecular formula is C31H33F3N6O4S. The van der Waals surface area contributed by atoms with Gasteiger partial charge in [0.15, 0.2) is 5.67 Å². The molecule has 3 aromatic rings. The molecule has 0 saturated carbocycles. The fraction of sp³-hybridized carbons (Fsp3) is 0.355. The molecule has 1 aromatic heterocycles. The van der Waals surface area contributed by atoms with Crippen LogP contribution in [0.4, 0.5) is 13.2 Å². The summed E-state index contributed by atoms with van der Waals surface area (Å²) in [6.07, 6.45) is -0.336. The van der Waals surface area contributed by atoms with Gasteiger partial charge in [-0.25, -0.2) is 4.39 Å². The summed E-state index contributed by atoms with van der Waals surface area (Å²) in [7, 11) is 0. The van der Waals surface area contributed by atoms with Crippen molar-refractivity contribution in [2.24, 2.45) is 11.5 Å². The van der Waals surface area contributed by atoms with Gasteiger partial charge in [0.05, 0.1) is 32.3 Å². The average molecular weight is 643 g/mol. The van der Waals surface area contributed by atoms with E-state index in [2.05, 4.69) is 10.6 Å². The standard InChI is InChI=1S/C31H33F3N6O4S/c1-17(25-11-19(14-45-25)27(36)37)39-29(43)24-12-30(32,16-44-9-8-35)15-40(24)26(41)13-38-28(42)18-6-7-23-21(10-18)20-4-2-3-5-22(20)31(23,33)34/h2-7,10-11,14,17,24H,8-9,12-13,15-16,35H2,1H3,(H3,36,37)(H,38,42)(H,39,43)/t17?,24-,30+/m0/s1. The van der Waals surface area contributed by atoms with E-state index in [9.17, 15) is 23.2 Å². The molecule has 3 atom stereocenters. The van der Waals surface area contributed by atoms with E-state index < -0.39 is 54.5 Å². The molecule has 0 bridgehead atoms. The van der Waals surface area contributed by atoms with Crippen molar-refractivity contribution in [3.05, 3.63) is 81.0 Å². The second-order valence-corrected chi connectivity index (χ2v) is 12.1. The maximum Gasteiger partial charge on any atom is 0.299 e. The molecule has 2 heterocycles. The molecule has 7 N–H and O–H groups in total. The molecule has 3 amide bonds. The molecule has 2 aliphatic rings. The fourth-order valence-electron chi connectivity index (χ4n) is 5.66. The number of thiophene rings is 1. The zero-order valence-electron chi connectivity index (χ0n) is 24.4. The Morgan fingerprint density at radius 2 is 1.84 bits per heavy atom. The zero-order chi connectivity index (χ0) is 32.5. The van der Waals surface area contributed by atoms with E-state index in [1.54, 1.807) is 30.5 Å². The monoisotopic (exact) mass is 642 g/mol. The third kappa shape index (κ3) is 6.44. The number of alkyl halides is 3. The molecule has 1 aliphatic carbocycles. The van der Waals surface area contributed by atoms with Crippen LogP contribution in [-0.2, 0) is 20.2 Å². The van der Waals surface area contributed by atoms with Crippen LogP contribution in [0.25, 0.3) is 11.1 Å². The summed E-state index contributed by atoms with van der Waals surface area (Å²) in [6, 6.07) is 9.81. The molecule has 1 saturated heterocycles. The first-order valence-electron chi connectivity index (χ1n) is 14.2. The topological polar surface area (TPSA) is 164 Å². The highest BCUT2D eigenvalue weighted by Crippen LogP contribution is 2.50. The number of amides is 3. The van der Waals surface area contributed by atoms with Gasteiger partial charge in [0.25, 0.3) is 11.8 Å². The van der Waals surface area contributed by atoms with E-state index in [1.807, 2.05) is 0 Å². The van der Waals surface area contributed by atoms with Gasteiger partial charge in [-0.1, -0.05) is 30.3 Å². The summed E-state index contributed by atoms with van der Waals surface area (Å²) in [6.45, 7) is 0.588. The minimum absolute atomic E-state index is 0.0643. The molecule has 0 radical (unpaired) electrons. The Balaban J connectivity index is 1.29. The third-order valence-corrected chi connectivity index (χ3v) is 9.04. The van der Waals surface area contributed by atoms with Crippen LogP contribution in [-0.4, -0.2) is 73.0 Å². The van der Waals surface area contributed by atoms with Crippen LogP contribution >= 0.6 is 11.3 Å². The molecule has 5 rings (SSSR count). The van der Waals surface area contributed by atoms with E-state index in [-0.39, 0.29) is 54.3 Å². The van der Waals surface area contributed by atoms with Crippen molar-refractivity contribution in [3.63, 3.8) is 0 Å². The van der Waals surface area contributed by atoms with Gasteiger partial charge in [-0.15, -0.1) is 11.3 Å². The Morgan fingerprint density at radius 3 is 2.56 bits per heavy atom. The predicted molar refractivity (Wildman–Crippen MR) is 163 cm³/mol. The van der Waals surface area contributed by atoms with Crippen molar-refractivity contribution in [3.8, 4) is 11.1 Å². The molecular weight excluding hydrogens is 609 g/mol. The van der Waals surface area contributed by atoms with Crippen LogP contribution in [0.2, 0.25) is 0 Å². The Morgan fingerprint density at radius 1 is 1.11 bits per heavy atom. The van der Waals surface area contributed by atoms with Gasteiger partial charge in [0.2, 0.25) is 11.8 Å². The molecule has 0 spiro atoms. The van der Waals surface area contributed by atoms with Gasteiger partial charge >= 0.3 is 0 Å². The van der Waals surface area contributed by atoms with Gasteiger partial charge in [0, 0.05) is 45.5 Å². The van der Waals surface area contributed by atoms with Gasteiger partial charge in [-0.05, 0) is 36.2 Å². The number of rotatable bonds is 11. The third-order valence-electron chi connectivity index (χ3n) is 7.93. The lowest BCUT2D eigenvalue weighted by Gasteiger charge is -2.25. The van der Waals surface area contributed by atoms with Crippen LogP contribution in [0.15, 0.2) is 53.9 Å². The van der Waals surface area contributed by atoms with Crippen molar-refractivity contribution in [1.29, 1.82) is 5.41 Å². The number of halogens is 3. The molecule has 10 nitrogen and oxygen atoms in total. The number of carbonyl (C=O) groups is 3. The van der Waals surface area contributed by atoms with Crippen LogP contribution in [0, 0.1) is 5.41 Å². The average Bonchev–Trinajstić information content (AvgIpc) is 3.70. The maximum atomic E-state index is 15.9. The van der Waals surface area contributed by atoms with Crippen LogP contribution in [0.5, 0.6) is 0 Å². The normalized spacial score (nSPS) is 20.3. The molecule has 14 heteroatoms.